The largest absolute Gasteiger partial charge is 0.370 e. The molecule has 6 rings (SSSR count). The maximum absolute atomic E-state index is 12.3. The van der Waals surface area contributed by atoms with Crippen LogP contribution in [-0.2, 0) is 17.6 Å². The highest BCUT2D eigenvalue weighted by Gasteiger charge is 2.63. The van der Waals surface area contributed by atoms with Crippen LogP contribution in [0.25, 0.3) is 0 Å². The third-order valence-electron chi connectivity index (χ3n) is 7.52. The Kier molecular flexibility index (Phi) is 3.68. The van der Waals surface area contributed by atoms with Crippen LogP contribution in [0.2, 0.25) is 0 Å². The van der Waals surface area contributed by atoms with Crippen molar-refractivity contribution in [1.82, 2.24) is 15.4 Å². The number of hydrogen-bond donors (Lipinski definition) is 1. The molecule has 2 aromatic rings. The molecule has 1 aromatic carbocycles. The molecule has 146 valence electrons. The van der Waals surface area contributed by atoms with E-state index in [1.165, 1.54) is 17.4 Å². The predicted molar refractivity (Wildman–Crippen MR) is 102 cm³/mol. The van der Waals surface area contributed by atoms with Crippen molar-refractivity contribution >= 4 is 5.91 Å². The number of rotatable bonds is 4. The van der Waals surface area contributed by atoms with Crippen LogP contribution >= 0.6 is 0 Å². The number of ether oxygens (including phenoxy) is 1. The van der Waals surface area contributed by atoms with Crippen molar-refractivity contribution in [3.05, 3.63) is 53.4 Å². The lowest BCUT2D eigenvalue weighted by molar-refractivity contribution is -0.000752. The molecule has 1 aromatic heterocycles. The first-order valence-corrected chi connectivity index (χ1v) is 10.4. The molecule has 0 radical (unpaired) electrons. The van der Waals surface area contributed by atoms with E-state index in [0.717, 1.165) is 38.8 Å². The summed E-state index contributed by atoms with van der Waals surface area (Å²) in [6, 6.07) is 11.0. The number of amides is 1. The second kappa shape index (κ2) is 6.16. The van der Waals surface area contributed by atoms with Gasteiger partial charge in [0.2, 0.25) is 0 Å². The van der Waals surface area contributed by atoms with Crippen LogP contribution in [0.15, 0.2) is 41.1 Å². The monoisotopic (exact) mass is 379 g/mol. The number of benzene rings is 1. The molecule has 2 bridgehead atoms. The minimum Gasteiger partial charge on any atom is -0.370 e. The Morgan fingerprint density at radius 1 is 1.25 bits per heavy atom. The van der Waals surface area contributed by atoms with Gasteiger partial charge in [0.05, 0.1) is 11.7 Å². The summed E-state index contributed by atoms with van der Waals surface area (Å²) in [4.78, 5) is 14.9. The Bertz CT molecular complexity index is 873. The number of fused-ring (bicyclic) bond motifs is 2. The van der Waals surface area contributed by atoms with Gasteiger partial charge in [0.25, 0.3) is 5.91 Å². The highest BCUT2D eigenvalue weighted by molar-refractivity contribution is 5.91. The van der Waals surface area contributed by atoms with Gasteiger partial charge < -0.3 is 14.6 Å². The number of likely N-dealkylation sites (tertiary alicyclic amines) is 1. The van der Waals surface area contributed by atoms with Gasteiger partial charge in [0.15, 0.2) is 5.69 Å². The first-order valence-electron chi connectivity index (χ1n) is 10.4. The molecule has 3 aliphatic heterocycles. The molecule has 1 aliphatic carbocycles. The van der Waals surface area contributed by atoms with E-state index in [1.807, 2.05) is 0 Å². The highest BCUT2D eigenvalue weighted by Crippen LogP contribution is 2.55. The second-order valence-corrected chi connectivity index (χ2v) is 8.89. The maximum atomic E-state index is 12.3. The Morgan fingerprint density at radius 3 is 2.82 bits per heavy atom. The smallest absolute Gasteiger partial charge is 0.273 e. The zero-order chi connectivity index (χ0) is 18.7. The zero-order valence-corrected chi connectivity index (χ0v) is 15.8. The van der Waals surface area contributed by atoms with Crippen molar-refractivity contribution in [3.63, 3.8) is 0 Å². The third kappa shape index (κ3) is 2.47. The predicted octanol–water partition coefficient (Wildman–Crippen LogP) is 2.05. The van der Waals surface area contributed by atoms with E-state index < -0.39 is 0 Å². The van der Waals surface area contributed by atoms with Gasteiger partial charge in [-0.3, -0.25) is 9.69 Å². The van der Waals surface area contributed by atoms with Crippen molar-refractivity contribution in [3.8, 4) is 0 Å². The number of nitrogens with zero attached hydrogens (tertiary/aromatic N) is 2. The SMILES string of the molecule is O=C(NC[C@H]1[C@H]2CN(C3Cc4ccccc4C3)C[C@]23CC[C@H]1O3)c1ccon1. The lowest BCUT2D eigenvalue weighted by atomic mass is 9.73. The first-order chi connectivity index (χ1) is 13.7. The fourth-order valence-electron chi connectivity index (χ4n) is 6.20. The normalized spacial score (nSPS) is 33.9. The minimum absolute atomic E-state index is 0.00270. The molecule has 6 heteroatoms. The molecule has 3 fully saturated rings. The topological polar surface area (TPSA) is 67.6 Å². The molecular formula is C22H25N3O3. The minimum atomic E-state index is -0.160. The van der Waals surface area contributed by atoms with Gasteiger partial charge >= 0.3 is 0 Å². The van der Waals surface area contributed by atoms with Crippen LogP contribution in [0.4, 0.5) is 0 Å². The Hall–Kier alpha value is -2.18. The molecule has 4 atom stereocenters. The number of carbonyl (C=O) groups excluding carboxylic acids is 1. The summed E-state index contributed by atoms with van der Waals surface area (Å²) >= 11 is 0. The number of hydrogen-bond acceptors (Lipinski definition) is 5. The standard InChI is InChI=1S/C22H25N3O3/c26-21(19-6-8-27-24-19)23-11-17-18-12-25(13-22(18)7-5-20(17)28-22)16-9-14-3-1-2-4-15(14)10-16/h1-4,6,8,16-18,20H,5,7,9-13H2,(H,23,26)/t17-,18+,20+,22+/m0/s1. The van der Waals surface area contributed by atoms with Gasteiger partial charge in [-0.25, -0.2) is 0 Å². The Morgan fingerprint density at radius 2 is 2.07 bits per heavy atom. The average Bonchev–Trinajstić information content (AvgIpc) is 3.51. The van der Waals surface area contributed by atoms with Gasteiger partial charge in [0.1, 0.15) is 6.26 Å². The van der Waals surface area contributed by atoms with E-state index in [4.69, 9.17) is 9.26 Å². The average molecular weight is 379 g/mol. The van der Waals surface area contributed by atoms with E-state index in [2.05, 4.69) is 39.6 Å². The van der Waals surface area contributed by atoms with Gasteiger partial charge in [-0.2, -0.15) is 0 Å². The number of nitrogens with one attached hydrogen (secondary N) is 1. The van der Waals surface area contributed by atoms with Crippen molar-refractivity contribution < 1.29 is 14.1 Å². The summed E-state index contributed by atoms with van der Waals surface area (Å²) in [5.74, 6) is 0.734. The van der Waals surface area contributed by atoms with Crippen molar-refractivity contribution in [2.45, 2.75) is 43.4 Å². The van der Waals surface area contributed by atoms with Gasteiger partial charge in [-0.1, -0.05) is 29.4 Å². The molecule has 28 heavy (non-hydrogen) atoms. The van der Waals surface area contributed by atoms with E-state index in [1.54, 1.807) is 6.07 Å². The molecule has 0 saturated carbocycles. The van der Waals surface area contributed by atoms with Crippen LogP contribution in [-0.4, -0.2) is 53.3 Å². The first kappa shape index (κ1) is 16.7. The number of aromatic nitrogens is 1. The van der Waals surface area contributed by atoms with Crippen LogP contribution in [0.1, 0.15) is 34.5 Å². The second-order valence-electron chi connectivity index (χ2n) is 8.89. The summed E-state index contributed by atoms with van der Waals surface area (Å²) in [5, 5.41) is 6.79. The summed E-state index contributed by atoms with van der Waals surface area (Å²) in [7, 11) is 0. The lowest BCUT2D eigenvalue weighted by Gasteiger charge is -2.29. The fraction of sp³-hybridized carbons (Fsp3) is 0.545. The Balaban J connectivity index is 1.15. The Labute approximate surface area is 164 Å². The zero-order valence-electron chi connectivity index (χ0n) is 15.8. The molecule has 4 heterocycles. The summed E-state index contributed by atoms with van der Waals surface area (Å²) in [6.45, 7) is 2.78. The summed E-state index contributed by atoms with van der Waals surface area (Å²) in [6.07, 6.45) is 6.28. The number of carbonyl (C=O) groups is 1. The van der Waals surface area contributed by atoms with E-state index in [-0.39, 0.29) is 17.6 Å². The molecule has 0 unspecified atom stereocenters. The van der Waals surface area contributed by atoms with Gasteiger partial charge in [-0.15, -0.1) is 0 Å². The molecule has 6 nitrogen and oxygen atoms in total. The molecule has 4 aliphatic rings. The van der Waals surface area contributed by atoms with Crippen molar-refractivity contribution in [1.29, 1.82) is 0 Å². The van der Waals surface area contributed by atoms with Crippen LogP contribution in [0.3, 0.4) is 0 Å². The highest BCUT2D eigenvalue weighted by atomic mass is 16.5. The molecule has 1 amide bonds. The van der Waals surface area contributed by atoms with Crippen LogP contribution in [0.5, 0.6) is 0 Å². The molecular weight excluding hydrogens is 354 g/mol. The van der Waals surface area contributed by atoms with E-state index in [9.17, 15) is 4.79 Å². The molecule has 1 N–H and O–H groups in total. The van der Waals surface area contributed by atoms with Gasteiger partial charge in [0, 0.05) is 43.6 Å². The summed E-state index contributed by atoms with van der Waals surface area (Å²) < 4.78 is 11.3. The van der Waals surface area contributed by atoms with Gasteiger partial charge in [-0.05, 0) is 36.8 Å². The van der Waals surface area contributed by atoms with Crippen LogP contribution in [0, 0.1) is 11.8 Å². The molecule has 3 saturated heterocycles. The summed E-state index contributed by atoms with van der Waals surface area (Å²) in [5.41, 5.74) is 3.35. The third-order valence-corrected chi connectivity index (χ3v) is 7.52. The van der Waals surface area contributed by atoms with Crippen LogP contribution < -0.4 is 5.32 Å². The maximum Gasteiger partial charge on any atom is 0.273 e. The van der Waals surface area contributed by atoms with E-state index in [0.29, 0.717) is 30.1 Å². The van der Waals surface area contributed by atoms with Crippen molar-refractivity contribution in [2.75, 3.05) is 19.6 Å². The lowest BCUT2D eigenvalue weighted by Crippen LogP contribution is -2.42. The quantitative estimate of drug-likeness (QED) is 0.881. The van der Waals surface area contributed by atoms with Crippen molar-refractivity contribution in [2.24, 2.45) is 11.8 Å². The fourth-order valence-corrected chi connectivity index (χ4v) is 6.20. The molecule has 1 spiro atoms. The van der Waals surface area contributed by atoms with E-state index >= 15 is 0 Å².